The summed E-state index contributed by atoms with van der Waals surface area (Å²) in [7, 11) is 1.65. The fourth-order valence-corrected chi connectivity index (χ4v) is 3.77. The van der Waals surface area contributed by atoms with Crippen molar-refractivity contribution in [1.82, 2.24) is 15.3 Å². The topological polar surface area (TPSA) is 68.7 Å². The van der Waals surface area contributed by atoms with E-state index in [0.29, 0.717) is 24.3 Å². The van der Waals surface area contributed by atoms with Crippen molar-refractivity contribution in [1.29, 1.82) is 0 Å². The lowest BCUT2D eigenvalue weighted by Gasteiger charge is -2.36. The number of piperidine rings is 1. The van der Waals surface area contributed by atoms with Gasteiger partial charge in [-0.1, -0.05) is 6.07 Å². The van der Waals surface area contributed by atoms with Crippen molar-refractivity contribution in [2.75, 3.05) is 38.3 Å². The van der Waals surface area contributed by atoms with Crippen molar-refractivity contribution in [3.8, 4) is 11.6 Å². The normalized spacial score (nSPS) is 22.0. The van der Waals surface area contributed by atoms with E-state index in [1.165, 1.54) is 0 Å². The van der Waals surface area contributed by atoms with E-state index in [9.17, 15) is 0 Å². The Labute approximate surface area is 166 Å². The minimum atomic E-state index is 0.0276. The maximum absolute atomic E-state index is 6.11. The van der Waals surface area contributed by atoms with Gasteiger partial charge in [-0.2, -0.15) is 4.98 Å². The van der Waals surface area contributed by atoms with Gasteiger partial charge in [-0.25, -0.2) is 0 Å². The number of hydrogen-bond donors (Lipinski definition) is 1. The van der Waals surface area contributed by atoms with Crippen LogP contribution in [-0.4, -0.2) is 55.5 Å². The summed E-state index contributed by atoms with van der Waals surface area (Å²) >= 11 is 0. The molecule has 0 spiro atoms. The second kappa shape index (κ2) is 9.21. The van der Waals surface area contributed by atoms with Crippen molar-refractivity contribution in [2.45, 2.75) is 38.0 Å². The first-order valence-corrected chi connectivity index (χ1v) is 9.99. The highest BCUT2D eigenvalue weighted by atomic mass is 16.6. The number of rotatable bonds is 7. The largest absolute Gasteiger partial charge is 0.491 e. The summed E-state index contributed by atoms with van der Waals surface area (Å²) in [5.41, 5.74) is 1.16. The van der Waals surface area contributed by atoms with E-state index < -0.39 is 0 Å². The Morgan fingerprint density at radius 3 is 2.96 bits per heavy atom. The van der Waals surface area contributed by atoms with E-state index in [-0.39, 0.29) is 6.10 Å². The number of hydrogen-bond acceptors (Lipinski definition) is 7. The Morgan fingerprint density at radius 1 is 1.29 bits per heavy atom. The quantitative estimate of drug-likeness (QED) is 0.786. The highest BCUT2D eigenvalue weighted by molar-refractivity contribution is 5.48. The maximum atomic E-state index is 6.11. The summed E-state index contributed by atoms with van der Waals surface area (Å²) in [4.78, 5) is 11.5. The van der Waals surface area contributed by atoms with Crippen LogP contribution < -0.4 is 19.7 Å². The van der Waals surface area contributed by atoms with E-state index in [1.54, 1.807) is 13.3 Å². The molecule has 0 aliphatic carbocycles. The summed E-state index contributed by atoms with van der Waals surface area (Å²) in [5.74, 6) is 2.08. The molecule has 0 bridgehead atoms. The third-order valence-corrected chi connectivity index (χ3v) is 5.28. The summed E-state index contributed by atoms with van der Waals surface area (Å²) < 4.78 is 17.0. The summed E-state index contributed by atoms with van der Waals surface area (Å²) in [6, 6.07) is 8.41. The Balaban J connectivity index is 1.62. The van der Waals surface area contributed by atoms with Crippen LogP contribution in [-0.2, 0) is 11.3 Å². The molecule has 2 fully saturated rings. The first-order valence-electron chi connectivity index (χ1n) is 9.99. The summed E-state index contributed by atoms with van der Waals surface area (Å²) in [5, 5.41) is 3.51. The fourth-order valence-electron chi connectivity index (χ4n) is 3.77. The number of pyridine rings is 2. The molecule has 7 nitrogen and oxygen atoms in total. The molecule has 2 aliphatic rings. The molecule has 1 unspecified atom stereocenters. The average Bonchev–Trinajstić information content (AvgIpc) is 3.26. The highest BCUT2D eigenvalue weighted by Gasteiger charge is 2.25. The Kier molecular flexibility index (Phi) is 6.24. The Bertz CT molecular complexity index is 747. The molecule has 1 N–H and O–H groups in total. The third-order valence-electron chi connectivity index (χ3n) is 5.28. The monoisotopic (exact) mass is 384 g/mol. The van der Waals surface area contributed by atoms with Crippen LogP contribution in [0, 0.1) is 0 Å². The predicted molar refractivity (Wildman–Crippen MR) is 107 cm³/mol. The van der Waals surface area contributed by atoms with Crippen LogP contribution in [0.25, 0.3) is 0 Å². The number of nitrogens with zero attached hydrogens (tertiary/aromatic N) is 3. The third kappa shape index (κ3) is 4.54. The average molecular weight is 384 g/mol. The van der Waals surface area contributed by atoms with Crippen LogP contribution in [0.2, 0.25) is 0 Å². The van der Waals surface area contributed by atoms with Gasteiger partial charge in [-0.15, -0.1) is 0 Å². The highest BCUT2D eigenvalue weighted by Crippen LogP contribution is 2.31. The molecule has 0 amide bonds. The Morgan fingerprint density at radius 2 is 2.25 bits per heavy atom. The van der Waals surface area contributed by atoms with Gasteiger partial charge in [0.25, 0.3) is 5.88 Å². The van der Waals surface area contributed by atoms with E-state index in [0.717, 1.165) is 56.9 Å². The van der Waals surface area contributed by atoms with Gasteiger partial charge < -0.3 is 24.4 Å². The van der Waals surface area contributed by atoms with Gasteiger partial charge in [0.15, 0.2) is 5.75 Å². The molecular weight excluding hydrogens is 356 g/mol. The van der Waals surface area contributed by atoms with Crippen molar-refractivity contribution in [3.05, 3.63) is 42.2 Å². The van der Waals surface area contributed by atoms with E-state index in [2.05, 4.69) is 21.3 Å². The summed E-state index contributed by atoms with van der Waals surface area (Å²) in [6.07, 6.45) is 6.92. The van der Waals surface area contributed by atoms with Crippen LogP contribution >= 0.6 is 0 Å². The van der Waals surface area contributed by atoms with Crippen LogP contribution in [0.1, 0.15) is 24.8 Å². The number of ether oxygens (including phenoxy) is 3. The minimum absolute atomic E-state index is 0.0276. The zero-order valence-corrected chi connectivity index (χ0v) is 16.3. The standard InChI is InChI=1S/C21H28N4O3/c1-26-19-6-7-20(24-21(19)28-18-8-11-27-15-18)25(17-5-3-10-23-13-17)14-16-4-2-9-22-12-16/h2,4,6-7,9,12,17-18,23H,3,5,8,10-11,13-15H2,1H3/t17?,18-/m1/s1. The molecule has 2 saturated heterocycles. The fraction of sp³-hybridized carbons (Fsp3) is 0.524. The van der Waals surface area contributed by atoms with Crippen molar-refractivity contribution >= 4 is 5.82 Å². The first kappa shape index (κ1) is 19.0. The SMILES string of the molecule is COc1ccc(N(Cc2cccnc2)C2CCCNC2)nc1O[C@@H]1CCOC1. The number of anilines is 1. The van der Waals surface area contributed by atoms with Gasteiger partial charge in [0.05, 0.1) is 20.3 Å². The number of aromatic nitrogens is 2. The smallest absolute Gasteiger partial charge is 0.259 e. The second-order valence-electron chi connectivity index (χ2n) is 7.27. The molecule has 150 valence electrons. The molecule has 2 aromatic rings. The molecular formula is C21H28N4O3. The van der Waals surface area contributed by atoms with Gasteiger partial charge in [-0.05, 0) is 43.1 Å². The molecule has 0 radical (unpaired) electrons. The van der Waals surface area contributed by atoms with Gasteiger partial charge in [-0.3, -0.25) is 4.98 Å². The maximum Gasteiger partial charge on any atom is 0.259 e. The van der Waals surface area contributed by atoms with Crippen LogP contribution in [0.3, 0.4) is 0 Å². The van der Waals surface area contributed by atoms with E-state index >= 15 is 0 Å². The zero-order valence-electron chi connectivity index (χ0n) is 16.3. The predicted octanol–water partition coefficient (Wildman–Crippen LogP) is 2.41. The molecule has 0 saturated carbocycles. The van der Waals surface area contributed by atoms with E-state index in [1.807, 2.05) is 24.4 Å². The molecule has 28 heavy (non-hydrogen) atoms. The van der Waals surface area contributed by atoms with Crippen molar-refractivity contribution in [3.63, 3.8) is 0 Å². The minimum Gasteiger partial charge on any atom is -0.491 e. The molecule has 0 aromatic carbocycles. The van der Waals surface area contributed by atoms with E-state index in [4.69, 9.17) is 19.2 Å². The van der Waals surface area contributed by atoms with Crippen LogP contribution in [0.4, 0.5) is 5.82 Å². The van der Waals surface area contributed by atoms with Crippen molar-refractivity contribution in [2.24, 2.45) is 0 Å². The lowest BCUT2D eigenvalue weighted by Crippen LogP contribution is -2.46. The van der Waals surface area contributed by atoms with Gasteiger partial charge >= 0.3 is 0 Å². The van der Waals surface area contributed by atoms with Crippen molar-refractivity contribution < 1.29 is 14.2 Å². The molecule has 2 aromatic heterocycles. The molecule has 4 heterocycles. The van der Waals surface area contributed by atoms with Gasteiger partial charge in [0.1, 0.15) is 11.9 Å². The van der Waals surface area contributed by atoms with Gasteiger partial charge in [0.2, 0.25) is 0 Å². The Hall–Kier alpha value is -2.38. The summed E-state index contributed by atoms with van der Waals surface area (Å²) in [6.45, 7) is 4.10. The molecule has 7 heteroatoms. The lowest BCUT2D eigenvalue weighted by molar-refractivity contribution is 0.135. The lowest BCUT2D eigenvalue weighted by atomic mass is 10.0. The molecule has 2 atom stereocenters. The molecule has 2 aliphatic heterocycles. The number of nitrogens with one attached hydrogen (secondary N) is 1. The zero-order chi connectivity index (χ0) is 19.2. The second-order valence-corrected chi connectivity index (χ2v) is 7.27. The number of methoxy groups -OCH3 is 1. The molecule has 4 rings (SSSR count). The van der Waals surface area contributed by atoms with Crippen LogP contribution in [0.5, 0.6) is 11.6 Å². The van der Waals surface area contributed by atoms with Crippen LogP contribution in [0.15, 0.2) is 36.7 Å². The first-order chi connectivity index (χ1) is 13.8. The van der Waals surface area contributed by atoms with Gasteiger partial charge in [0, 0.05) is 37.9 Å².